The van der Waals surface area contributed by atoms with E-state index in [0.717, 1.165) is 55.1 Å². The lowest BCUT2D eigenvalue weighted by Crippen LogP contribution is -2.50. The van der Waals surface area contributed by atoms with E-state index in [-0.39, 0.29) is 24.2 Å². The molecule has 1 aromatic carbocycles. The molecule has 2 atom stereocenters. The Labute approximate surface area is 195 Å². The van der Waals surface area contributed by atoms with Crippen LogP contribution in [0.5, 0.6) is 0 Å². The summed E-state index contributed by atoms with van der Waals surface area (Å²) in [6.45, 7) is 1.54. The Morgan fingerprint density at radius 3 is 2.76 bits per heavy atom. The van der Waals surface area contributed by atoms with E-state index in [1.807, 2.05) is 12.1 Å². The second-order valence-corrected chi connectivity index (χ2v) is 9.49. The molecule has 2 heterocycles. The third-order valence-corrected chi connectivity index (χ3v) is 7.16. The van der Waals surface area contributed by atoms with Crippen molar-refractivity contribution >= 4 is 28.7 Å². The maximum atomic E-state index is 13.3. The van der Waals surface area contributed by atoms with Gasteiger partial charge in [0.05, 0.1) is 13.5 Å². The summed E-state index contributed by atoms with van der Waals surface area (Å²) in [5, 5.41) is 7.12. The van der Waals surface area contributed by atoms with Gasteiger partial charge in [-0.2, -0.15) is 0 Å². The Bertz CT molecular complexity index is 995. The monoisotopic (exact) mass is 453 g/mol. The molecule has 4 rings (SSSR count). The predicted octanol–water partition coefficient (Wildman–Crippen LogP) is 3.34. The molecular weight excluding hydrogens is 418 g/mol. The molecule has 1 saturated carbocycles. The smallest absolute Gasteiger partial charge is 0.306 e. The molecule has 1 aliphatic carbocycles. The molecule has 178 valence electrons. The Morgan fingerprint density at radius 2 is 2.00 bits per heavy atom. The Hall–Kier alpha value is -2.83. The van der Waals surface area contributed by atoms with E-state index < -0.39 is 12.0 Å². The standard InChI is InChI=1S/C26H35N3O4/c1-33-24(30)16-19(14-18-8-7-9-18)25(31)28-22-15-20-17-29(23-11-4-3-10-21(20)23)13-6-2-5-12-27-26(22)32/h3-4,10-11,17-19,22H,2,5-9,12-16H2,1H3,(H,27,32)(H,28,31)/t19-,22?/m1/s1. The summed E-state index contributed by atoms with van der Waals surface area (Å²) in [5.41, 5.74) is 2.21. The van der Waals surface area contributed by atoms with Crippen molar-refractivity contribution in [3.05, 3.63) is 36.0 Å². The van der Waals surface area contributed by atoms with E-state index in [2.05, 4.69) is 33.5 Å². The molecule has 1 unspecified atom stereocenters. The average Bonchev–Trinajstić information content (AvgIpc) is 3.13. The molecule has 7 nitrogen and oxygen atoms in total. The minimum atomic E-state index is -0.683. The number of hydrogen-bond acceptors (Lipinski definition) is 4. The number of nitrogens with one attached hydrogen (secondary N) is 2. The third kappa shape index (κ3) is 5.75. The Morgan fingerprint density at radius 1 is 1.18 bits per heavy atom. The van der Waals surface area contributed by atoms with Crippen molar-refractivity contribution in [1.29, 1.82) is 0 Å². The maximum absolute atomic E-state index is 13.3. The van der Waals surface area contributed by atoms with Crippen LogP contribution < -0.4 is 10.6 Å². The lowest BCUT2D eigenvalue weighted by Gasteiger charge is -2.29. The van der Waals surface area contributed by atoms with Crippen molar-refractivity contribution in [2.75, 3.05) is 13.7 Å². The number of fused-ring (bicyclic) bond motifs is 5. The van der Waals surface area contributed by atoms with Crippen LogP contribution in [-0.2, 0) is 32.1 Å². The van der Waals surface area contributed by atoms with Crippen LogP contribution in [0.2, 0.25) is 0 Å². The molecule has 2 aliphatic rings. The van der Waals surface area contributed by atoms with Crippen LogP contribution in [0, 0.1) is 11.8 Å². The van der Waals surface area contributed by atoms with Gasteiger partial charge in [-0.1, -0.05) is 37.5 Å². The molecular formula is C26H35N3O4. The third-order valence-electron chi connectivity index (χ3n) is 7.16. The van der Waals surface area contributed by atoms with Gasteiger partial charge in [0.1, 0.15) is 6.04 Å². The summed E-state index contributed by atoms with van der Waals surface area (Å²) in [6.07, 6.45) is 9.60. The number of benzene rings is 1. The van der Waals surface area contributed by atoms with Gasteiger partial charge in [0.2, 0.25) is 11.8 Å². The van der Waals surface area contributed by atoms with Crippen molar-refractivity contribution in [1.82, 2.24) is 15.2 Å². The van der Waals surface area contributed by atoms with Crippen molar-refractivity contribution in [2.24, 2.45) is 11.8 Å². The zero-order valence-electron chi connectivity index (χ0n) is 19.5. The number of carbonyl (C=O) groups excluding carboxylic acids is 3. The van der Waals surface area contributed by atoms with Crippen molar-refractivity contribution in [3.8, 4) is 0 Å². The summed E-state index contributed by atoms with van der Waals surface area (Å²) < 4.78 is 7.10. The van der Waals surface area contributed by atoms with E-state index in [0.29, 0.717) is 25.3 Å². The quantitative estimate of drug-likeness (QED) is 0.657. The number of methoxy groups -OCH3 is 1. The maximum Gasteiger partial charge on any atom is 0.306 e. The van der Waals surface area contributed by atoms with E-state index in [1.165, 1.54) is 13.5 Å². The minimum absolute atomic E-state index is 0.0481. The second kappa shape index (κ2) is 10.9. The number of para-hydroxylation sites is 1. The highest BCUT2D eigenvalue weighted by molar-refractivity contribution is 5.91. The molecule has 2 amide bonds. The highest BCUT2D eigenvalue weighted by atomic mass is 16.5. The lowest BCUT2D eigenvalue weighted by molar-refractivity contribution is -0.145. The zero-order valence-corrected chi connectivity index (χ0v) is 19.5. The van der Waals surface area contributed by atoms with Gasteiger partial charge in [-0.25, -0.2) is 0 Å². The number of hydrogen-bond donors (Lipinski definition) is 2. The van der Waals surface area contributed by atoms with Crippen LogP contribution in [0.15, 0.2) is 30.5 Å². The molecule has 0 spiro atoms. The van der Waals surface area contributed by atoms with Gasteiger partial charge < -0.3 is 19.9 Å². The predicted molar refractivity (Wildman–Crippen MR) is 127 cm³/mol. The number of carbonyl (C=O) groups is 3. The first-order chi connectivity index (χ1) is 16.0. The van der Waals surface area contributed by atoms with Gasteiger partial charge in [0, 0.05) is 42.5 Å². The first-order valence-electron chi connectivity index (χ1n) is 12.3. The van der Waals surface area contributed by atoms with Crippen LogP contribution in [-0.4, -0.2) is 42.0 Å². The van der Waals surface area contributed by atoms with Gasteiger partial charge in [-0.05, 0) is 43.2 Å². The first kappa shape index (κ1) is 23.3. The Kier molecular flexibility index (Phi) is 7.68. The number of esters is 1. The van der Waals surface area contributed by atoms with E-state index in [1.54, 1.807) is 0 Å². The number of ether oxygens (including phenoxy) is 1. The fraction of sp³-hybridized carbons (Fsp3) is 0.577. The van der Waals surface area contributed by atoms with Crippen molar-refractivity contribution in [3.63, 3.8) is 0 Å². The fourth-order valence-electron chi connectivity index (χ4n) is 5.01. The summed E-state index contributed by atoms with van der Waals surface area (Å²) in [4.78, 5) is 38.3. The van der Waals surface area contributed by atoms with Crippen LogP contribution in [0.3, 0.4) is 0 Å². The molecule has 7 heteroatoms. The molecule has 2 aromatic rings. The largest absolute Gasteiger partial charge is 0.469 e. The summed E-state index contributed by atoms with van der Waals surface area (Å²) >= 11 is 0. The minimum Gasteiger partial charge on any atom is -0.469 e. The average molecular weight is 454 g/mol. The SMILES string of the molecule is COC(=O)C[C@@H](CC1CCC1)C(=O)NC1Cc2cn(c3ccccc23)CCCCCNC1=O. The van der Waals surface area contributed by atoms with E-state index in [4.69, 9.17) is 4.74 Å². The Balaban J connectivity index is 1.57. The molecule has 33 heavy (non-hydrogen) atoms. The summed E-state index contributed by atoms with van der Waals surface area (Å²) in [6, 6.07) is 7.54. The van der Waals surface area contributed by atoms with Gasteiger partial charge in [-0.3, -0.25) is 14.4 Å². The van der Waals surface area contributed by atoms with Gasteiger partial charge in [0.25, 0.3) is 0 Å². The summed E-state index contributed by atoms with van der Waals surface area (Å²) in [7, 11) is 1.34. The molecule has 1 fully saturated rings. The first-order valence-corrected chi connectivity index (χ1v) is 12.3. The van der Waals surface area contributed by atoms with Gasteiger partial charge in [0.15, 0.2) is 0 Å². The van der Waals surface area contributed by atoms with Crippen molar-refractivity contribution < 1.29 is 19.1 Å². The number of nitrogens with zero attached hydrogens (tertiary/aromatic N) is 1. The molecule has 0 saturated heterocycles. The number of rotatable bonds is 6. The van der Waals surface area contributed by atoms with Crippen LogP contribution in [0.4, 0.5) is 0 Å². The van der Waals surface area contributed by atoms with E-state index in [9.17, 15) is 14.4 Å². The molecule has 1 aliphatic heterocycles. The lowest BCUT2D eigenvalue weighted by atomic mass is 9.78. The van der Waals surface area contributed by atoms with E-state index >= 15 is 0 Å². The second-order valence-electron chi connectivity index (χ2n) is 9.49. The number of aromatic nitrogens is 1. The van der Waals surface area contributed by atoms with Gasteiger partial charge >= 0.3 is 5.97 Å². The van der Waals surface area contributed by atoms with Crippen LogP contribution in [0.1, 0.15) is 56.9 Å². The van der Waals surface area contributed by atoms with Crippen molar-refractivity contribution in [2.45, 2.75) is 70.4 Å². The van der Waals surface area contributed by atoms with Crippen LogP contribution in [0.25, 0.3) is 10.9 Å². The normalized spacial score (nSPS) is 20.6. The highest BCUT2D eigenvalue weighted by Gasteiger charge is 2.32. The highest BCUT2D eigenvalue weighted by Crippen LogP contribution is 2.33. The fourth-order valence-corrected chi connectivity index (χ4v) is 5.01. The molecule has 0 radical (unpaired) electrons. The number of aryl methyl sites for hydroxylation is 1. The van der Waals surface area contributed by atoms with Crippen LogP contribution >= 0.6 is 0 Å². The van der Waals surface area contributed by atoms with Gasteiger partial charge in [-0.15, -0.1) is 0 Å². The number of amides is 2. The molecule has 2 N–H and O–H groups in total. The topological polar surface area (TPSA) is 89.4 Å². The molecule has 2 bridgehead atoms. The zero-order chi connectivity index (χ0) is 23.2. The molecule has 1 aromatic heterocycles. The summed E-state index contributed by atoms with van der Waals surface area (Å²) in [5.74, 6) is -0.794.